The molecule has 7 heteroatoms. The normalized spacial score (nSPS) is 12.7. The summed E-state index contributed by atoms with van der Waals surface area (Å²) in [6.45, 7) is 2.41. The highest BCUT2D eigenvalue weighted by atomic mass is 19.3. The van der Waals surface area contributed by atoms with E-state index in [1.807, 2.05) is 0 Å². The first-order valence-electron chi connectivity index (χ1n) is 10.4. The summed E-state index contributed by atoms with van der Waals surface area (Å²) in [5, 5.41) is 11.4. The molecule has 4 N–H and O–H groups in total. The molecule has 0 saturated carbocycles. The van der Waals surface area contributed by atoms with Gasteiger partial charge in [0.05, 0.1) is 0 Å². The lowest BCUT2D eigenvalue weighted by molar-refractivity contribution is -0.157. The number of nitrogens with one attached hydrogen (secondary N) is 1. The van der Waals surface area contributed by atoms with Gasteiger partial charge in [0, 0.05) is 13.0 Å². The number of alkyl halides is 2. The molecule has 0 aliphatic heterocycles. The fraction of sp³-hybridized carbons (Fsp3) is 0.900. The van der Waals surface area contributed by atoms with Crippen molar-refractivity contribution < 1.29 is 23.5 Å². The number of nitrogens with two attached hydrogens (primary N) is 1. The van der Waals surface area contributed by atoms with Crippen LogP contribution in [0.25, 0.3) is 0 Å². The van der Waals surface area contributed by atoms with Gasteiger partial charge in [0.15, 0.2) is 0 Å². The minimum atomic E-state index is -3.74. The fourth-order valence-electron chi connectivity index (χ4n) is 3.05. The fourth-order valence-corrected chi connectivity index (χ4v) is 3.05. The van der Waals surface area contributed by atoms with E-state index in [1.165, 1.54) is 51.4 Å². The number of rotatable bonds is 18. The highest BCUT2D eigenvalue weighted by molar-refractivity contribution is 5.75. The molecule has 160 valence electrons. The summed E-state index contributed by atoms with van der Waals surface area (Å²) in [6, 6.07) is -3.74. The van der Waals surface area contributed by atoms with Crippen molar-refractivity contribution in [3.63, 3.8) is 0 Å². The molecule has 27 heavy (non-hydrogen) atoms. The topological polar surface area (TPSA) is 92.4 Å². The summed E-state index contributed by atoms with van der Waals surface area (Å²) in [4.78, 5) is 22.4. The first-order valence-corrected chi connectivity index (χ1v) is 10.4. The van der Waals surface area contributed by atoms with Crippen molar-refractivity contribution in [2.75, 3.05) is 6.54 Å². The second-order valence-electron chi connectivity index (χ2n) is 7.34. The number of carbonyl (C=O) groups excluding carboxylic acids is 1. The average Bonchev–Trinajstić information content (AvgIpc) is 2.58. The van der Waals surface area contributed by atoms with Crippen LogP contribution in [0.15, 0.2) is 0 Å². The van der Waals surface area contributed by atoms with Gasteiger partial charge >= 0.3 is 12.0 Å². The van der Waals surface area contributed by atoms with Crippen molar-refractivity contribution >= 4 is 11.9 Å². The van der Waals surface area contributed by atoms with Crippen molar-refractivity contribution in [1.82, 2.24) is 5.32 Å². The van der Waals surface area contributed by atoms with Crippen LogP contribution in [0.1, 0.15) is 96.8 Å². The summed E-state index contributed by atoms with van der Waals surface area (Å²) in [6.07, 6.45) is 13.7. The van der Waals surface area contributed by atoms with Crippen molar-refractivity contribution in [2.45, 2.75) is 103 Å². The number of hydrogen-bond donors (Lipinski definition) is 3. The molecule has 0 rings (SSSR count). The monoisotopic (exact) mass is 392 g/mol. The van der Waals surface area contributed by atoms with Crippen molar-refractivity contribution in [3.05, 3.63) is 0 Å². The summed E-state index contributed by atoms with van der Waals surface area (Å²) >= 11 is 0. The minimum absolute atomic E-state index is 0.114. The van der Waals surface area contributed by atoms with Gasteiger partial charge in [0.2, 0.25) is 5.91 Å². The largest absolute Gasteiger partial charge is 0.481 e. The zero-order valence-electron chi connectivity index (χ0n) is 16.8. The van der Waals surface area contributed by atoms with Gasteiger partial charge in [-0.3, -0.25) is 15.3 Å². The predicted octanol–water partition coefficient (Wildman–Crippen LogP) is 4.84. The molecule has 5 nitrogen and oxygen atoms in total. The van der Waals surface area contributed by atoms with Gasteiger partial charge in [-0.25, -0.2) is 0 Å². The molecule has 0 radical (unpaired) electrons. The van der Waals surface area contributed by atoms with Crippen LogP contribution in [0, 0.1) is 5.92 Å². The summed E-state index contributed by atoms with van der Waals surface area (Å²) < 4.78 is 25.8. The molecule has 0 aromatic heterocycles. The van der Waals surface area contributed by atoms with Crippen LogP contribution < -0.4 is 11.1 Å². The third kappa shape index (κ3) is 15.5. The SMILES string of the molecule is CCCCCCCCCCCCCC(=O)NCCCC(C(=O)O)C(N)(F)F. The molecule has 0 saturated heterocycles. The first kappa shape index (κ1) is 25.8. The Hall–Kier alpha value is -1.24. The molecule has 0 heterocycles. The molecular formula is C20H38F2N2O3. The van der Waals surface area contributed by atoms with Crippen molar-refractivity contribution in [1.29, 1.82) is 0 Å². The molecule has 0 aliphatic carbocycles. The quantitative estimate of drug-likeness (QED) is 0.230. The van der Waals surface area contributed by atoms with Gasteiger partial charge in [0.1, 0.15) is 5.92 Å². The number of carboxylic acids is 1. The summed E-state index contributed by atoms with van der Waals surface area (Å²) in [5.74, 6) is -3.65. The molecule has 1 atom stereocenters. The predicted molar refractivity (Wildman–Crippen MR) is 104 cm³/mol. The second kappa shape index (κ2) is 15.8. The third-order valence-corrected chi connectivity index (χ3v) is 4.76. The lowest BCUT2D eigenvalue weighted by Gasteiger charge is -2.18. The average molecular weight is 393 g/mol. The van der Waals surface area contributed by atoms with Gasteiger partial charge in [-0.15, -0.1) is 0 Å². The van der Waals surface area contributed by atoms with E-state index in [2.05, 4.69) is 18.0 Å². The van der Waals surface area contributed by atoms with Crippen LogP contribution >= 0.6 is 0 Å². The number of carboxylic acid groups (broad SMARTS) is 1. The van der Waals surface area contributed by atoms with Crippen LogP contribution in [0.2, 0.25) is 0 Å². The van der Waals surface area contributed by atoms with Crippen LogP contribution in [-0.2, 0) is 9.59 Å². The standard InChI is InChI=1S/C20H38F2N2O3/c1-2-3-4-5-6-7-8-9-10-11-12-15-18(25)24-16-13-14-17(19(26)27)20(21,22)23/h17H,2-16,23H2,1H3,(H,24,25)(H,26,27). The Labute approximate surface area is 162 Å². The number of hydrogen-bond acceptors (Lipinski definition) is 3. The van der Waals surface area contributed by atoms with E-state index in [9.17, 15) is 18.4 Å². The van der Waals surface area contributed by atoms with E-state index in [4.69, 9.17) is 5.11 Å². The molecule has 0 spiro atoms. The Kier molecular flexibility index (Phi) is 15.1. The molecule has 1 amide bonds. The minimum Gasteiger partial charge on any atom is -0.481 e. The van der Waals surface area contributed by atoms with Crippen molar-refractivity contribution in [3.8, 4) is 0 Å². The lowest BCUT2D eigenvalue weighted by Crippen LogP contribution is -2.42. The van der Waals surface area contributed by atoms with Gasteiger partial charge in [-0.1, -0.05) is 71.1 Å². The number of carbonyl (C=O) groups is 2. The molecule has 0 fully saturated rings. The maximum Gasteiger partial charge on any atom is 0.314 e. The second-order valence-corrected chi connectivity index (χ2v) is 7.34. The molecule has 0 aromatic rings. The number of aliphatic carboxylic acids is 1. The Morgan fingerprint density at radius 3 is 1.85 bits per heavy atom. The first-order chi connectivity index (χ1) is 12.8. The number of unbranched alkanes of at least 4 members (excludes halogenated alkanes) is 10. The van der Waals surface area contributed by atoms with Crippen LogP contribution in [0.4, 0.5) is 8.78 Å². The molecular weight excluding hydrogens is 354 g/mol. The Bertz CT molecular complexity index is 401. The van der Waals surface area contributed by atoms with Gasteiger partial charge < -0.3 is 10.4 Å². The van der Waals surface area contributed by atoms with Gasteiger partial charge in [-0.05, 0) is 19.3 Å². The Morgan fingerprint density at radius 1 is 0.926 bits per heavy atom. The highest BCUT2D eigenvalue weighted by Gasteiger charge is 2.40. The van der Waals surface area contributed by atoms with E-state index >= 15 is 0 Å². The van der Waals surface area contributed by atoms with Crippen molar-refractivity contribution in [2.24, 2.45) is 11.7 Å². The Morgan fingerprint density at radius 2 is 1.41 bits per heavy atom. The van der Waals surface area contributed by atoms with Crippen LogP contribution in [0.5, 0.6) is 0 Å². The smallest absolute Gasteiger partial charge is 0.314 e. The van der Waals surface area contributed by atoms with E-state index in [0.29, 0.717) is 6.42 Å². The molecule has 1 unspecified atom stereocenters. The van der Waals surface area contributed by atoms with Crippen LogP contribution in [-0.4, -0.2) is 29.6 Å². The maximum absolute atomic E-state index is 12.9. The summed E-state index contributed by atoms with van der Waals surface area (Å²) in [5.41, 5.74) is 4.57. The third-order valence-electron chi connectivity index (χ3n) is 4.76. The zero-order chi connectivity index (χ0) is 20.5. The Balaban J connectivity index is 3.51. The van der Waals surface area contributed by atoms with Crippen LogP contribution in [0.3, 0.4) is 0 Å². The molecule has 0 bridgehead atoms. The van der Waals surface area contributed by atoms with E-state index in [0.717, 1.165) is 19.3 Å². The van der Waals surface area contributed by atoms with Gasteiger partial charge in [0.25, 0.3) is 0 Å². The highest BCUT2D eigenvalue weighted by Crippen LogP contribution is 2.23. The number of amides is 1. The van der Waals surface area contributed by atoms with E-state index in [1.54, 1.807) is 0 Å². The molecule has 0 aliphatic rings. The van der Waals surface area contributed by atoms with Gasteiger partial charge in [-0.2, -0.15) is 8.78 Å². The summed E-state index contributed by atoms with van der Waals surface area (Å²) in [7, 11) is 0. The maximum atomic E-state index is 12.9. The van der Waals surface area contributed by atoms with E-state index in [-0.39, 0.29) is 25.3 Å². The zero-order valence-corrected chi connectivity index (χ0v) is 16.8. The molecule has 0 aromatic carbocycles. The lowest BCUT2D eigenvalue weighted by atomic mass is 10.0. The number of halogens is 2. The van der Waals surface area contributed by atoms with E-state index < -0.39 is 17.9 Å².